The minimum absolute atomic E-state index is 0.120. The molecule has 0 aromatic heterocycles. The molecule has 4 saturated carbocycles. The number of methoxy groups -OCH3 is 1. The second-order valence-corrected chi connectivity index (χ2v) is 11.1. The number of fused-ring (bicyclic) bond motifs is 5. The van der Waals surface area contributed by atoms with Crippen LogP contribution >= 0.6 is 0 Å². The van der Waals surface area contributed by atoms with E-state index in [9.17, 15) is 9.59 Å². The summed E-state index contributed by atoms with van der Waals surface area (Å²) in [5.74, 6) is 4.09. The zero-order chi connectivity index (χ0) is 20.1. The molecule has 0 amide bonds. The van der Waals surface area contributed by atoms with Gasteiger partial charge in [-0.25, -0.2) is 0 Å². The first-order chi connectivity index (χ1) is 13.3. The Balaban J connectivity index is 1.55. The zero-order valence-electron chi connectivity index (χ0n) is 18.5. The van der Waals surface area contributed by atoms with E-state index < -0.39 is 0 Å². The molecule has 8 atom stereocenters. The molecule has 0 spiro atoms. The van der Waals surface area contributed by atoms with Crippen LogP contribution in [-0.4, -0.2) is 18.9 Å². The summed E-state index contributed by atoms with van der Waals surface area (Å²) in [7, 11) is 1.47. The lowest BCUT2D eigenvalue weighted by molar-refractivity contribution is -0.157. The molecule has 0 aliphatic heterocycles. The van der Waals surface area contributed by atoms with Gasteiger partial charge in [0, 0.05) is 18.3 Å². The van der Waals surface area contributed by atoms with Gasteiger partial charge in [-0.2, -0.15) is 0 Å². The van der Waals surface area contributed by atoms with Crippen LogP contribution in [0.25, 0.3) is 0 Å². The number of esters is 1. The van der Waals surface area contributed by atoms with Crippen molar-refractivity contribution in [3.05, 3.63) is 0 Å². The van der Waals surface area contributed by atoms with E-state index in [0.29, 0.717) is 41.3 Å². The molecule has 4 rings (SSSR count). The number of Topliss-reactive ketones (excluding diaryl/α,β-unsaturated/α-hetero) is 1. The summed E-state index contributed by atoms with van der Waals surface area (Å²) in [6.07, 6.45) is 12.8. The fourth-order valence-corrected chi connectivity index (χ4v) is 8.59. The summed E-state index contributed by atoms with van der Waals surface area (Å²) in [5.41, 5.74) is 0.251. The zero-order valence-corrected chi connectivity index (χ0v) is 18.5. The standard InChI is InChI=1S/C25H40O3/c1-16(8-13-23(27)28-4)19-11-12-20-18-10-9-17-7-5-6-14-24(17,2)21(18)15-22(26)25(19,20)3/h16-21H,5-15H2,1-4H3/t16-,17+,18+,19?,20+,21?,24+,25-/m1/s1. The van der Waals surface area contributed by atoms with Gasteiger partial charge in [0.15, 0.2) is 0 Å². The van der Waals surface area contributed by atoms with E-state index in [4.69, 9.17) is 4.74 Å². The largest absolute Gasteiger partial charge is 0.469 e. The molecule has 2 unspecified atom stereocenters. The van der Waals surface area contributed by atoms with Crippen LogP contribution in [0.1, 0.15) is 91.4 Å². The number of rotatable bonds is 4. The molecule has 0 N–H and O–H groups in total. The van der Waals surface area contributed by atoms with E-state index in [-0.39, 0.29) is 11.4 Å². The Bertz CT molecular complexity index is 627. The normalized spacial score (nSPS) is 46.3. The molecular weight excluding hydrogens is 348 g/mol. The van der Waals surface area contributed by atoms with Crippen LogP contribution in [0.3, 0.4) is 0 Å². The second-order valence-electron chi connectivity index (χ2n) is 11.1. The number of hydrogen-bond acceptors (Lipinski definition) is 3. The summed E-state index contributed by atoms with van der Waals surface area (Å²) in [6, 6.07) is 0. The van der Waals surface area contributed by atoms with E-state index in [1.807, 2.05) is 0 Å². The highest BCUT2D eigenvalue weighted by atomic mass is 16.5. The van der Waals surface area contributed by atoms with Crippen LogP contribution in [0.15, 0.2) is 0 Å². The Morgan fingerprint density at radius 1 is 1.11 bits per heavy atom. The third-order valence-electron chi connectivity index (χ3n) is 10.2. The van der Waals surface area contributed by atoms with Crippen molar-refractivity contribution in [2.45, 2.75) is 91.4 Å². The van der Waals surface area contributed by atoms with Crippen molar-refractivity contribution < 1.29 is 14.3 Å². The maximum atomic E-state index is 13.7. The number of hydrogen-bond donors (Lipinski definition) is 0. The average Bonchev–Trinajstić information content (AvgIpc) is 3.05. The van der Waals surface area contributed by atoms with E-state index in [0.717, 1.165) is 24.7 Å². The molecule has 0 bridgehead atoms. The minimum Gasteiger partial charge on any atom is -0.469 e. The summed E-state index contributed by atoms with van der Waals surface area (Å²) in [5, 5.41) is 0. The lowest BCUT2D eigenvalue weighted by Gasteiger charge is -2.60. The fraction of sp³-hybridized carbons (Fsp3) is 0.920. The Kier molecular flexibility index (Phi) is 5.42. The predicted octanol–water partition coefficient (Wildman–Crippen LogP) is 5.80. The molecular formula is C25H40O3. The summed E-state index contributed by atoms with van der Waals surface area (Å²) >= 11 is 0. The van der Waals surface area contributed by atoms with Crippen molar-refractivity contribution in [3.63, 3.8) is 0 Å². The van der Waals surface area contributed by atoms with E-state index >= 15 is 0 Å². The smallest absolute Gasteiger partial charge is 0.305 e. The first-order valence-electron chi connectivity index (χ1n) is 11.9. The number of ketones is 1. The molecule has 4 aliphatic rings. The van der Waals surface area contributed by atoms with Crippen LogP contribution in [-0.2, 0) is 14.3 Å². The SMILES string of the molecule is COC(=O)CC[C@@H](C)C1CC[C@H]2[C@@H]3CC[C@@H]4CCCC[C@]4(C)C3CC(=O)[C@]12C. The van der Waals surface area contributed by atoms with Crippen LogP contribution in [0.2, 0.25) is 0 Å². The molecule has 4 aliphatic carbocycles. The van der Waals surface area contributed by atoms with Gasteiger partial charge in [-0.05, 0) is 85.9 Å². The molecule has 158 valence electrons. The maximum Gasteiger partial charge on any atom is 0.305 e. The highest BCUT2D eigenvalue weighted by molar-refractivity contribution is 5.87. The Morgan fingerprint density at radius 3 is 2.64 bits per heavy atom. The Labute approximate surface area is 171 Å². The average molecular weight is 389 g/mol. The van der Waals surface area contributed by atoms with Crippen LogP contribution in [0.5, 0.6) is 0 Å². The lowest BCUT2D eigenvalue weighted by Crippen LogP contribution is -2.56. The quantitative estimate of drug-likeness (QED) is 0.571. The number of ether oxygens (including phenoxy) is 1. The van der Waals surface area contributed by atoms with Crippen molar-refractivity contribution in [3.8, 4) is 0 Å². The molecule has 0 heterocycles. The van der Waals surface area contributed by atoms with Crippen LogP contribution in [0, 0.1) is 46.3 Å². The maximum absolute atomic E-state index is 13.7. The number of carbonyl (C=O) groups is 2. The highest BCUT2D eigenvalue weighted by Gasteiger charge is 2.63. The molecule has 0 saturated heterocycles. The van der Waals surface area contributed by atoms with Gasteiger partial charge in [0.05, 0.1) is 7.11 Å². The van der Waals surface area contributed by atoms with Gasteiger partial charge >= 0.3 is 5.97 Å². The molecule has 4 fully saturated rings. The molecule has 0 aromatic rings. The minimum atomic E-state index is -0.158. The Morgan fingerprint density at radius 2 is 1.89 bits per heavy atom. The first kappa shape index (κ1) is 20.4. The monoisotopic (exact) mass is 388 g/mol. The van der Waals surface area contributed by atoms with Crippen molar-refractivity contribution in [1.82, 2.24) is 0 Å². The van der Waals surface area contributed by atoms with Crippen molar-refractivity contribution in [1.29, 1.82) is 0 Å². The van der Waals surface area contributed by atoms with Crippen molar-refractivity contribution in [2.24, 2.45) is 46.3 Å². The van der Waals surface area contributed by atoms with Crippen LogP contribution < -0.4 is 0 Å². The molecule has 0 aromatic carbocycles. The number of carbonyl (C=O) groups excluding carboxylic acids is 2. The highest BCUT2D eigenvalue weighted by Crippen LogP contribution is 2.67. The van der Waals surface area contributed by atoms with E-state index in [1.165, 1.54) is 58.5 Å². The third kappa shape index (κ3) is 2.98. The van der Waals surface area contributed by atoms with Crippen LogP contribution in [0.4, 0.5) is 0 Å². The summed E-state index contributed by atoms with van der Waals surface area (Å²) in [6.45, 7) is 7.10. The molecule has 28 heavy (non-hydrogen) atoms. The third-order valence-corrected chi connectivity index (χ3v) is 10.2. The van der Waals surface area contributed by atoms with Gasteiger partial charge in [0.2, 0.25) is 0 Å². The van der Waals surface area contributed by atoms with Gasteiger partial charge < -0.3 is 4.74 Å². The van der Waals surface area contributed by atoms with Gasteiger partial charge in [0.25, 0.3) is 0 Å². The summed E-state index contributed by atoms with van der Waals surface area (Å²) in [4.78, 5) is 25.3. The second kappa shape index (κ2) is 7.43. The molecule has 0 radical (unpaired) electrons. The van der Waals surface area contributed by atoms with Crippen molar-refractivity contribution in [2.75, 3.05) is 7.11 Å². The van der Waals surface area contributed by atoms with Gasteiger partial charge in [-0.15, -0.1) is 0 Å². The lowest BCUT2D eigenvalue weighted by atomic mass is 9.44. The summed E-state index contributed by atoms with van der Waals surface area (Å²) < 4.78 is 4.84. The van der Waals surface area contributed by atoms with E-state index in [2.05, 4.69) is 20.8 Å². The molecule has 3 nitrogen and oxygen atoms in total. The fourth-order valence-electron chi connectivity index (χ4n) is 8.59. The van der Waals surface area contributed by atoms with Gasteiger partial charge in [0.1, 0.15) is 5.78 Å². The van der Waals surface area contributed by atoms with Gasteiger partial charge in [-0.3, -0.25) is 9.59 Å². The Hall–Kier alpha value is -0.860. The van der Waals surface area contributed by atoms with Crippen molar-refractivity contribution >= 4 is 11.8 Å². The molecule has 3 heteroatoms. The van der Waals surface area contributed by atoms with E-state index in [1.54, 1.807) is 0 Å². The first-order valence-corrected chi connectivity index (χ1v) is 11.9. The van der Waals surface area contributed by atoms with Gasteiger partial charge in [-0.1, -0.05) is 33.6 Å². The topological polar surface area (TPSA) is 43.4 Å². The predicted molar refractivity (Wildman–Crippen MR) is 111 cm³/mol.